The number of nitrogens with one attached hydrogen (secondary N) is 1. The van der Waals surface area contributed by atoms with Crippen LogP contribution in [0.5, 0.6) is 0 Å². The van der Waals surface area contributed by atoms with Gasteiger partial charge in [-0.2, -0.15) is 0 Å². The molecule has 1 aromatic heterocycles. The van der Waals surface area contributed by atoms with Crippen molar-refractivity contribution in [2.45, 2.75) is 27.7 Å². The smallest absolute Gasteiger partial charge is 0.0628 e. The minimum absolute atomic E-state index is 1.07. The fourth-order valence-electron chi connectivity index (χ4n) is 0.817. The van der Waals surface area contributed by atoms with Gasteiger partial charge in [0, 0.05) is 11.9 Å². The molecular weight excluding hydrogens is 180 g/mol. The van der Waals surface area contributed by atoms with Gasteiger partial charge in [-0.15, -0.1) is 0 Å². The molecule has 0 aliphatic rings. The highest BCUT2D eigenvalue weighted by Gasteiger charge is 1.94. The van der Waals surface area contributed by atoms with Crippen molar-refractivity contribution >= 4 is 17.6 Å². The SMILES string of the molecule is CC.CSNc1cnc(C)c(C)c1. The molecule has 0 saturated carbocycles. The van der Waals surface area contributed by atoms with E-state index in [1.165, 1.54) is 5.56 Å². The highest BCUT2D eigenvalue weighted by atomic mass is 32.2. The molecule has 0 fully saturated rings. The van der Waals surface area contributed by atoms with Crippen LogP contribution >= 0.6 is 11.9 Å². The summed E-state index contributed by atoms with van der Waals surface area (Å²) >= 11 is 1.58. The highest BCUT2D eigenvalue weighted by molar-refractivity contribution is 7.99. The molecule has 2 nitrogen and oxygen atoms in total. The molecule has 0 spiro atoms. The molecule has 13 heavy (non-hydrogen) atoms. The zero-order valence-corrected chi connectivity index (χ0v) is 9.83. The zero-order chi connectivity index (χ0) is 10.3. The fourth-order valence-corrected chi connectivity index (χ4v) is 1.16. The lowest BCUT2D eigenvalue weighted by molar-refractivity contribution is 1.15. The normalized spacial score (nSPS) is 8.69. The number of rotatable bonds is 2. The molecule has 1 rings (SSSR count). The van der Waals surface area contributed by atoms with Gasteiger partial charge in [0.2, 0.25) is 0 Å². The van der Waals surface area contributed by atoms with Crippen LogP contribution < -0.4 is 4.72 Å². The van der Waals surface area contributed by atoms with Crippen LogP contribution in [0.25, 0.3) is 0 Å². The molecule has 0 atom stereocenters. The van der Waals surface area contributed by atoms with Crippen molar-refractivity contribution in [1.82, 2.24) is 4.98 Å². The van der Waals surface area contributed by atoms with Crippen LogP contribution in [0.3, 0.4) is 0 Å². The van der Waals surface area contributed by atoms with E-state index in [0.29, 0.717) is 0 Å². The van der Waals surface area contributed by atoms with Crippen molar-refractivity contribution < 1.29 is 0 Å². The number of pyridine rings is 1. The summed E-state index contributed by atoms with van der Waals surface area (Å²) in [5.41, 5.74) is 3.39. The van der Waals surface area contributed by atoms with Gasteiger partial charge in [0.1, 0.15) is 0 Å². The van der Waals surface area contributed by atoms with Gasteiger partial charge in [0.05, 0.1) is 11.9 Å². The van der Waals surface area contributed by atoms with Gasteiger partial charge in [0.25, 0.3) is 0 Å². The van der Waals surface area contributed by atoms with Gasteiger partial charge >= 0.3 is 0 Å². The van der Waals surface area contributed by atoms with Crippen molar-refractivity contribution in [2.75, 3.05) is 11.0 Å². The van der Waals surface area contributed by atoms with E-state index in [0.717, 1.165) is 11.4 Å². The minimum Gasteiger partial charge on any atom is -0.329 e. The van der Waals surface area contributed by atoms with Gasteiger partial charge < -0.3 is 4.72 Å². The first kappa shape index (κ1) is 12.3. The van der Waals surface area contributed by atoms with Crippen LogP contribution in [-0.2, 0) is 0 Å². The third-order valence-electron chi connectivity index (χ3n) is 1.56. The standard InChI is InChI=1S/C8H12N2S.C2H6/c1-6-4-8(10-11-3)5-9-7(6)2;1-2/h4-5,10H,1-3H3;1-2H3. The van der Waals surface area contributed by atoms with E-state index in [1.54, 1.807) is 11.9 Å². The van der Waals surface area contributed by atoms with E-state index >= 15 is 0 Å². The second kappa shape index (κ2) is 6.78. The molecule has 0 unspecified atom stereocenters. The topological polar surface area (TPSA) is 24.9 Å². The van der Waals surface area contributed by atoms with E-state index < -0.39 is 0 Å². The van der Waals surface area contributed by atoms with Crippen molar-refractivity contribution in [1.29, 1.82) is 0 Å². The van der Waals surface area contributed by atoms with Crippen molar-refractivity contribution in [3.8, 4) is 0 Å². The van der Waals surface area contributed by atoms with Crippen LogP contribution in [0, 0.1) is 13.8 Å². The Balaban J connectivity index is 0.000000671. The maximum atomic E-state index is 4.22. The molecule has 1 N–H and O–H groups in total. The lowest BCUT2D eigenvalue weighted by Gasteiger charge is -2.03. The molecule has 0 saturated heterocycles. The second-order valence-electron chi connectivity index (χ2n) is 2.43. The maximum Gasteiger partial charge on any atom is 0.0628 e. The van der Waals surface area contributed by atoms with Crippen molar-refractivity contribution in [3.63, 3.8) is 0 Å². The van der Waals surface area contributed by atoms with Crippen LogP contribution in [0.15, 0.2) is 12.3 Å². The molecule has 3 heteroatoms. The first-order chi connectivity index (χ1) is 6.24. The van der Waals surface area contributed by atoms with Crippen molar-refractivity contribution in [3.05, 3.63) is 23.5 Å². The van der Waals surface area contributed by atoms with Crippen LogP contribution in [-0.4, -0.2) is 11.2 Å². The number of nitrogens with zero attached hydrogens (tertiary/aromatic N) is 1. The van der Waals surface area contributed by atoms with Crippen LogP contribution in [0.4, 0.5) is 5.69 Å². The molecular formula is C10H18N2S. The molecule has 0 radical (unpaired) electrons. The Bertz CT molecular complexity index is 249. The highest BCUT2D eigenvalue weighted by Crippen LogP contribution is 2.13. The molecule has 0 aliphatic carbocycles. The predicted molar refractivity (Wildman–Crippen MR) is 62.2 cm³/mol. The molecule has 74 valence electrons. The molecule has 0 aromatic carbocycles. The van der Waals surface area contributed by atoms with Gasteiger partial charge in [-0.1, -0.05) is 25.8 Å². The number of hydrogen-bond donors (Lipinski definition) is 1. The third-order valence-corrected chi connectivity index (χ3v) is 2.00. The summed E-state index contributed by atoms with van der Waals surface area (Å²) in [6.45, 7) is 8.08. The minimum atomic E-state index is 1.07. The number of hydrogen-bond acceptors (Lipinski definition) is 3. The number of anilines is 1. The van der Waals surface area contributed by atoms with E-state index in [1.807, 2.05) is 33.2 Å². The van der Waals surface area contributed by atoms with Gasteiger partial charge in [-0.3, -0.25) is 4.98 Å². The molecule has 0 amide bonds. The summed E-state index contributed by atoms with van der Waals surface area (Å²) in [7, 11) is 0. The van der Waals surface area contributed by atoms with E-state index in [4.69, 9.17) is 0 Å². The van der Waals surface area contributed by atoms with Gasteiger partial charge in [-0.05, 0) is 25.5 Å². The average Bonchev–Trinajstić information content (AvgIpc) is 2.15. The fraction of sp³-hybridized carbons (Fsp3) is 0.500. The summed E-state index contributed by atoms with van der Waals surface area (Å²) in [5, 5.41) is 0. The summed E-state index contributed by atoms with van der Waals surface area (Å²) in [4.78, 5) is 4.22. The Hall–Kier alpha value is -0.700. The van der Waals surface area contributed by atoms with Gasteiger partial charge in [0.15, 0.2) is 0 Å². The summed E-state index contributed by atoms with van der Waals surface area (Å²) in [6, 6.07) is 2.10. The molecule has 1 aromatic rings. The second-order valence-corrected chi connectivity index (χ2v) is 3.04. The van der Waals surface area contributed by atoms with Gasteiger partial charge in [-0.25, -0.2) is 0 Å². The molecule has 0 bridgehead atoms. The summed E-state index contributed by atoms with van der Waals surface area (Å²) in [5.74, 6) is 0. The first-order valence-electron chi connectivity index (χ1n) is 4.46. The summed E-state index contributed by atoms with van der Waals surface area (Å²) < 4.78 is 3.13. The van der Waals surface area contributed by atoms with E-state index in [-0.39, 0.29) is 0 Å². The monoisotopic (exact) mass is 198 g/mol. The first-order valence-corrected chi connectivity index (χ1v) is 5.68. The Morgan fingerprint density at radius 2 is 1.92 bits per heavy atom. The van der Waals surface area contributed by atoms with E-state index in [2.05, 4.69) is 22.7 Å². The molecule has 1 heterocycles. The Morgan fingerprint density at radius 1 is 1.31 bits per heavy atom. The summed E-state index contributed by atoms with van der Waals surface area (Å²) in [6.07, 6.45) is 3.84. The zero-order valence-electron chi connectivity index (χ0n) is 9.01. The predicted octanol–water partition coefficient (Wildman–Crippen LogP) is 3.41. The lowest BCUT2D eigenvalue weighted by atomic mass is 10.2. The Kier molecular flexibility index (Phi) is 6.41. The molecule has 0 aliphatic heterocycles. The third kappa shape index (κ3) is 4.18. The Labute approximate surface area is 85.3 Å². The Morgan fingerprint density at radius 3 is 2.38 bits per heavy atom. The quantitative estimate of drug-likeness (QED) is 0.737. The number of aromatic nitrogens is 1. The van der Waals surface area contributed by atoms with Crippen LogP contribution in [0.1, 0.15) is 25.1 Å². The average molecular weight is 198 g/mol. The number of aryl methyl sites for hydroxylation is 2. The van der Waals surface area contributed by atoms with E-state index in [9.17, 15) is 0 Å². The lowest BCUT2D eigenvalue weighted by Crippen LogP contribution is -1.90. The largest absolute Gasteiger partial charge is 0.329 e. The van der Waals surface area contributed by atoms with Crippen LogP contribution in [0.2, 0.25) is 0 Å². The van der Waals surface area contributed by atoms with Crippen molar-refractivity contribution in [2.24, 2.45) is 0 Å². The maximum absolute atomic E-state index is 4.22.